The molecule has 0 aliphatic carbocycles. The molecule has 2 rings (SSSR count). The van der Waals surface area contributed by atoms with Gasteiger partial charge in [0.2, 0.25) is 5.91 Å². The van der Waals surface area contributed by atoms with E-state index < -0.39 is 0 Å². The van der Waals surface area contributed by atoms with E-state index in [4.69, 9.17) is 0 Å². The van der Waals surface area contributed by atoms with Crippen molar-refractivity contribution in [2.75, 3.05) is 13.1 Å². The second kappa shape index (κ2) is 4.93. The Morgan fingerprint density at radius 2 is 2.50 bits per heavy atom. The van der Waals surface area contributed by atoms with Gasteiger partial charge in [-0.25, -0.2) is 4.98 Å². The monoisotopic (exact) mass is 239 g/mol. The number of nitrogens with one attached hydrogen (secondary N) is 2. The van der Waals surface area contributed by atoms with Crippen molar-refractivity contribution in [1.82, 2.24) is 15.6 Å². The van der Waals surface area contributed by atoms with Gasteiger partial charge in [-0.3, -0.25) is 4.79 Å². The molecule has 3 atom stereocenters. The van der Waals surface area contributed by atoms with Crippen LogP contribution in [0.2, 0.25) is 0 Å². The predicted molar refractivity (Wildman–Crippen MR) is 64.2 cm³/mol. The molecule has 3 unspecified atom stereocenters. The number of carbonyl (C=O) groups is 1. The van der Waals surface area contributed by atoms with E-state index in [1.54, 1.807) is 17.5 Å². The summed E-state index contributed by atoms with van der Waals surface area (Å²) >= 11 is 1.57. The van der Waals surface area contributed by atoms with E-state index in [2.05, 4.69) is 22.5 Å². The van der Waals surface area contributed by atoms with E-state index in [0.29, 0.717) is 5.92 Å². The van der Waals surface area contributed by atoms with Gasteiger partial charge in [-0.15, -0.1) is 11.3 Å². The van der Waals surface area contributed by atoms with Crippen molar-refractivity contribution >= 4 is 17.2 Å². The molecule has 0 radical (unpaired) electrons. The summed E-state index contributed by atoms with van der Waals surface area (Å²) in [5, 5.41) is 9.15. The van der Waals surface area contributed by atoms with Crippen LogP contribution in [0.4, 0.5) is 0 Å². The average Bonchev–Trinajstić information content (AvgIpc) is 2.86. The molecule has 5 heteroatoms. The van der Waals surface area contributed by atoms with Gasteiger partial charge in [0.05, 0.1) is 12.0 Å². The Morgan fingerprint density at radius 3 is 3.06 bits per heavy atom. The zero-order chi connectivity index (χ0) is 11.5. The van der Waals surface area contributed by atoms with Crippen LogP contribution in [0.1, 0.15) is 24.9 Å². The van der Waals surface area contributed by atoms with E-state index in [-0.39, 0.29) is 17.9 Å². The highest BCUT2D eigenvalue weighted by molar-refractivity contribution is 7.09. The highest BCUT2D eigenvalue weighted by atomic mass is 32.1. The van der Waals surface area contributed by atoms with E-state index >= 15 is 0 Å². The van der Waals surface area contributed by atoms with Crippen molar-refractivity contribution in [3.63, 3.8) is 0 Å². The first-order chi connectivity index (χ1) is 7.68. The summed E-state index contributed by atoms with van der Waals surface area (Å²) in [6.45, 7) is 5.81. The molecule has 1 aromatic heterocycles. The van der Waals surface area contributed by atoms with Crippen molar-refractivity contribution < 1.29 is 4.79 Å². The quantitative estimate of drug-likeness (QED) is 0.832. The molecule has 1 saturated heterocycles. The highest BCUT2D eigenvalue weighted by Gasteiger charge is 2.30. The Hall–Kier alpha value is -0.940. The summed E-state index contributed by atoms with van der Waals surface area (Å²) in [6, 6.07) is 0.0142. The van der Waals surface area contributed by atoms with Crippen LogP contribution in [0.3, 0.4) is 0 Å². The lowest BCUT2D eigenvalue weighted by Gasteiger charge is -2.17. The molecule has 1 aliphatic rings. The van der Waals surface area contributed by atoms with Gasteiger partial charge in [0.25, 0.3) is 0 Å². The van der Waals surface area contributed by atoms with Crippen LogP contribution in [-0.2, 0) is 4.79 Å². The second-order valence-corrected chi connectivity index (χ2v) is 5.27. The van der Waals surface area contributed by atoms with Crippen LogP contribution in [0.25, 0.3) is 0 Å². The fraction of sp³-hybridized carbons (Fsp3) is 0.636. The van der Waals surface area contributed by atoms with Gasteiger partial charge >= 0.3 is 0 Å². The van der Waals surface area contributed by atoms with Crippen LogP contribution >= 0.6 is 11.3 Å². The number of thiazole rings is 1. The Bertz CT molecular complexity index is 352. The Kier molecular flexibility index (Phi) is 3.56. The summed E-state index contributed by atoms with van der Waals surface area (Å²) in [6.07, 6.45) is 1.77. The lowest BCUT2D eigenvalue weighted by molar-refractivity contribution is -0.126. The molecule has 88 valence electrons. The van der Waals surface area contributed by atoms with E-state index in [0.717, 1.165) is 18.1 Å². The largest absolute Gasteiger partial charge is 0.347 e. The third kappa shape index (κ3) is 2.41. The van der Waals surface area contributed by atoms with Crippen LogP contribution in [0.5, 0.6) is 0 Å². The molecule has 1 fully saturated rings. The van der Waals surface area contributed by atoms with Gasteiger partial charge in [0.15, 0.2) is 0 Å². The highest BCUT2D eigenvalue weighted by Crippen LogP contribution is 2.19. The molecule has 0 saturated carbocycles. The molecule has 0 aromatic carbocycles. The predicted octanol–water partition coefficient (Wildman–Crippen LogP) is 1.18. The van der Waals surface area contributed by atoms with Gasteiger partial charge in [-0.05, 0) is 19.4 Å². The van der Waals surface area contributed by atoms with Gasteiger partial charge in [0.1, 0.15) is 5.01 Å². The third-order valence-electron chi connectivity index (χ3n) is 3.03. The van der Waals surface area contributed by atoms with Crippen molar-refractivity contribution in [2.24, 2.45) is 11.8 Å². The smallest absolute Gasteiger partial charge is 0.225 e. The fourth-order valence-electron chi connectivity index (χ4n) is 1.99. The summed E-state index contributed by atoms with van der Waals surface area (Å²) < 4.78 is 0. The lowest BCUT2D eigenvalue weighted by atomic mass is 9.97. The molecule has 1 aromatic rings. The Morgan fingerprint density at radius 1 is 1.69 bits per heavy atom. The van der Waals surface area contributed by atoms with Crippen molar-refractivity contribution in [3.8, 4) is 0 Å². The molecule has 0 bridgehead atoms. The maximum Gasteiger partial charge on any atom is 0.225 e. The molecule has 16 heavy (non-hydrogen) atoms. The van der Waals surface area contributed by atoms with E-state index in [1.807, 2.05) is 12.3 Å². The fourth-order valence-corrected chi connectivity index (χ4v) is 2.64. The molecular formula is C11H17N3OS. The second-order valence-electron chi connectivity index (χ2n) is 4.34. The molecular weight excluding hydrogens is 222 g/mol. The zero-order valence-electron chi connectivity index (χ0n) is 9.56. The average molecular weight is 239 g/mol. The summed E-state index contributed by atoms with van der Waals surface area (Å²) in [4.78, 5) is 16.2. The van der Waals surface area contributed by atoms with Crippen LogP contribution in [0, 0.1) is 11.8 Å². The summed E-state index contributed by atoms with van der Waals surface area (Å²) in [7, 11) is 0. The van der Waals surface area contributed by atoms with E-state index in [1.165, 1.54) is 0 Å². The molecule has 4 nitrogen and oxygen atoms in total. The number of aromatic nitrogens is 1. The van der Waals surface area contributed by atoms with Crippen LogP contribution in [0.15, 0.2) is 11.6 Å². The Labute approximate surface area is 99.5 Å². The topological polar surface area (TPSA) is 54.0 Å². The zero-order valence-corrected chi connectivity index (χ0v) is 10.4. The minimum atomic E-state index is 0.0142. The Balaban J connectivity index is 1.92. The van der Waals surface area contributed by atoms with Crippen molar-refractivity contribution in [1.29, 1.82) is 0 Å². The lowest BCUT2D eigenvalue weighted by Crippen LogP contribution is -2.35. The first-order valence-corrected chi connectivity index (χ1v) is 6.47. The van der Waals surface area contributed by atoms with Gasteiger partial charge < -0.3 is 10.6 Å². The first kappa shape index (κ1) is 11.5. The number of amides is 1. The normalized spacial score (nSPS) is 26.6. The summed E-state index contributed by atoms with van der Waals surface area (Å²) in [5.74, 6) is 0.658. The number of rotatable bonds is 3. The number of carbonyl (C=O) groups excluding carboxylic acids is 1. The number of hydrogen-bond acceptors (Lipinski definition) is 4. The molecule has 0 spiro atoms. The third-order valence-corrected chi connectivity index (χ3v) is 3.99. The summed E-state index contributed by atoms with van der Waals surface area (Å²) in [5.41, 5.74) is 0. The molecule has 1 aliphatic heterocycles. The van der Waals surface area contributed by atoms with Gasteiger partial charge in [-0.1, -0.05) is 6.92 Å². The van der Waals surface area contributed by atoms with Crippen molar-refractivity contribution in [3.05, 3.63) is 16.6 Å². The standard InChI is InChI=1S/C11H17N3OS/c1-7-5-12-6-9(7)10(15)14-8(2)11-13-3-4-16-11/h3-4,7-9,12H,5-6H2,1-2H3,(H,14,15). The maximum absolute atomic E-state index is 12.0. The molecule has 2 heterocycles. The molecule has 2 N–H and O–H groups in total. The minimum absolute atomic E-state index is 0.0142. The molecule has 1 amide bonds. The van der Waals surface area contributed by atoms with Gasteiger partial charge in [-0.2, -0.15) is 0 Å². The maximum atomic E-state index is 12.0. The van der Waals surface area contributed by atoms with Gasteiger partial charge in [0, 0.05) is 18.1 Å². The van der Waals surface area contributed by atoms with Crippen LogP contribution < -0.4 is 10.6 Å². The first-order valence-electron chi connectivity index (χ1n) is 5.59. The van der Waals surface area contributed by atoms with E-state index in [9.17, 15) is 4.79 Å². The van der Waals surface area contributed by atoms with Crippen LogP contribution in [-0.4, -0.2) is 24.0 Å². The van der Waals surface area contributed by atoms with Crippen molar-refractivity contribution in [2.45, 2.75) is 19.9 Å². The minimum Gasteiger partial charge on any atom is -0.347 e. The number of hydrogen-bond donors (Lipinski definition) is 2. The number of nitrogens with zero attached hydrogens (tertiary/aromatic N) is 1. The SMILES string of the molecule is CC(NC(=O)C1CNCC1C)c1nccs1.